The third-order valence-electron chi connectivity index (χ3n) is 0.737. The normalized spacial score (nSPS) is 15.6. The van der Waals surface area contributed by atoms with E-state index in [4.69, 9.17) is 5.11 Å². The van der Waals surface area contributed by atoms with Gasteiger partial charge in [-0.2, -0.15) is 0 Å². The van der Waals surface area contributed by atoms with E-state index in [1.54, 1.807) is 6.92 Å². The molecular formula is C6H5NO. The largest absolute Gasteiger partial charge is 0.493 e. The minimum Gasteiger partial charge on any atom is -0.493 e. The molecule has 0 bridgehead atoms. The van der Waals surface area contributed by atoms with E-state index in [1.807, 2.05) is 0 Å². The van der Waals surface area contributed by atoms with E-state index in [-0.39, 0.29) is 5.90 Å². The zero-order valence-electron chi connectivity index (χ0n) is 4.47. The summed E-state index contributed by atoms with van der Waals surface area (Å²) >= 11 is 0. The number of aliphatic hydroxyl groups is 1. The van der Waals surface area contributed by atoms with Crippen molar-refractivity contribution in [3.63, 3.8) is 0 Å². The maximum Gasteiger partial charge on any atom is 0.220 e. The summed E-state index contributed by atoms with van der Waals surface area (Å²) in [4.78, 5) is 3.64. The average Bonchev–Trinajstić information content (AvgIpc) is 1.64. The molecule has 1 heterocycles. The van der Waals surface area contributed by atoms with Crippen molar-refractivity contribution in [2.45, 2.75) is 6.92 Å². The summed E-state index contributed by atoms with van der Waals surface area (Å²) in [5, 5.41) is 8.65. The first-order chi connectivity index (χ1) is 3.79. The Morgan fingerprint density at radius 3 is 2.88 bits per heavy atom. The fraction of sp³-hybridized carbons (Fsp3) is 0.167. The molecule has 0 saturated heterocycles. The van der Waals surface area contributed by atoms with Gasteiger partial charge in [-0.25, -0.2) is 4.99 Å². The third kappa shape index (κ3) is 0.881. The molecule has 0 fully saturated rings. The van der Waals surface area contributed by atoms with Crippen LogP contribution in [0.5, 0.6) is 0 Å². The predicted octanol–water partition coefficient (Wildman–Crippen LogP) is 1.17. The van der Waals surface area contributed by atoms with Crippen molar-refractivity contribution in [2.24, 2.45) is 4.99 Å². The van der Waals surface area contributed by atoms with E-state index in [2.05, 4.69) is 16.5 Å². The lowest BCUT2D eigenvalue weighted by Gasteiger charge is -1.89. The third-order valence-corrected chi connectivity index (χ3v) is 0.737. The minimum absolute atomic E-state index is 0.00116. The Hall–Kier alpha value is -1.23. The van der Waals surface area contributed by atoms with Crippen LogP contribution in [0.25, 0.3) is 0 Å². The molecule has 0 spiro atoms. The molecule has 0 radical (unpaired) electrons. The molecule has 0 unspecified atom stereocenters. The molecule has 1 N–H and O–H groups in total. The second-order valence-electron chi connectivity index (χ2n) is 1.47. The van der Waals surface area contributed by atoms with E-state index in [0.29, 0.717) is 5.70 Å². The van der Waals surface area contributed by atoms with Gasteiger partial charge in [0.2, 0.25) is 5.90 Å². The second kappa shape index (κ2) is 1.71. The van der Waals surface area contributed by atoms with Gasteiger partial charge < -0.3 is 5.11 Å². The predicted molar refractivity (Wildman–Crippen MR) is 30.8 cm³/mol. The summed E-state index contributed by atoms with van der Waals surface area (Å²) < 4.78 is 0. The van der Waals surface area contributed by atoms with Crippen molar-refractivity contribution in [2.75, 3.05) is 0 Å². The summed E-state index contributed by atoms with van der Waals surface area (Å²) in [7, 11) is 0. The van der Waals surface area contributed by atoms with Gasteiger partial charge in [-0.15, -0.1) is 0 Å². The summed E-state index contributed by atoms with van der Waals surface area (Å²) in [6, 6.07) is 0. The van der Waals surface area contributed by atoms with E-state index < -0.39 is 0 Å². The molecule has 0 aromatic heterocycles. The van der Waals surface area contributed by atoms with Crippen LogP contribution in [0.4, 0.5) is 0 Å². The molecule has 1 rings (SSSR count). The van der Waals surface area contributed by atoms with Crippen LogP contribution in [0.3, 0.4) is 0 Å². The molecule has 0 amide bonds. The molecule has 2 nitrogen and oxygen atoms in total. The summed E-state index contributed by atoms with van der Waals surface area (Å²) in [5.74, 6) is 0.00116. The molecule has 0 aliphatic carbocycles. The van der Waals surface area contributed by atoms with Gasteiger partial charge in [0.25, 0.3) is 0 Å². The van der Waals surface area contributed by atoms with Crippen LogP contribution >= 0.6 is 0 Å². The van der Waals surface area contributed by atoms with Crippen LogP contribution in [-0.4, -0.2) is 11.0 Å². The van der Waals surface area contributed by atoms with E-state index in [1.165, 1.54) is 6.08 Å². The number of rotatable bonds is 0. The molecule has 0 atom stereocenters. The first-order valence-electron chi connectivity index (χ1n) is 2.25. The average molecular weight is 107 g/mol. The molecule has 0 saturated carbocycles. The molecule has 40 valence electrons. The number of hydrogen-bond donors (Lipinski definition) is 1. The molecule has 8 heavy (non-hydrogen) atoms. The maximum absolute atomic E-state index is 8.65. The van der Waals surface area contributed by atoms with Gasteiger partial charge in [-0.05, 0) is 12.7 Å². The SMILES string of the molecule is CC1=C=C=CC(O)=N1. The Labute approximate surface area is 47.2 Å². The number of aliphatic imine (C=N–C) groups is 1. The van der Waals surface area contributed by atoms with E-state index >= 15 is 0 Å². The standard InChI is InChI=1S/C6H5NO/c1-5-3-2-4-6(8)7-5/h4H,1H3,(H,7,8). The second-order valence-corrected chi connectivity index (χ2v) is 1.47. The Morgan fingerprint density at radius 1 is 1.75 bits per heavy atom. The number of nitrogens with zero attached hydrogens (tertiary/aromatic N) is 1. The first-order valence-corrected chi connectivity index (χ1v) is 2.25. The highest BCUT2D eigenvalue weighted by atomic mass is 16.3. The maximum atomic E-state index is 8.65. The Bertz CT molecular complexity index is 225. The molecule has 1 aliphatic heterocycles. The monoisotopic (exact) mass is 107 g/mol. The van der Waals surface area contributed by atoms with Crippen molar-refractivity contribution in [3.05, 3.63) is 23.2 Å². The highest BCUT2D eigenvalue weighted by molar-refractivity contribution is 5.86. The molecule has 0 aromatic rings. The van der Waals surface area contributed by atoms with Crippen LogP contribution in [0, 0.1) is 0 Å². The van der Waals surface area contributed by atoms with Crippen LogP contribution < -0.4 is 0 Å². The first kappa shape index (κ1) is 4.92. The lowest BCUT2D eigenvalue weighted by molar-refractivity contribution is 0.556. The van der Waals surface area contributed by atoms with Gasteiger partial charge in [0.15, 0.2) is 0 Å². The molecule has 1 aliphatic rings. The lowest BCUT2D eigenvalue weighted by Crippen LogP contribution is -1.90. The Kier molecular flexibility index (Phi) is 1.05. The van der Waals surface area contributed by atoms with E-state index in [9.17, 15) is 0 Å². The number of aliphatic hydroxyl groups excluding tert-OH is 1. The lowest BCUT2D eigenvalue weighted by atomic mass is 10.4. The van der Waals surface area contributed by atoms with Crippen molar-refractivity contribution >= 4 is 5.90 Å². The zero-order chi connectivity index (χ0) is 5.98. The summed E-state index contributed by atoms with van der Waals surface area (Å²) in [5.41, 5.74) is 5.92. The van der Waals surface area contributed by atoms with Crippen molar-refractivity contribution in [1.82, 2.24) is 0 Å². The van der Waals surface area contributed by atoms with Crippen LogP contribution in [0.15, 0.2) is 28.2 Å². The number of hydrogen-bond acceptors (Lipinski definition) is 1. The summed E-state index contributed by atoms with van der Waals surface area (Å²) in [6.45, 7) is 1.75. The molecular weight excluding hydrogens is 102 g/mol. The topological polar surface area (TPSA) is 32.6 Å². The molecule has 0 aromatic carbocycles. The quantitative estimate of drug-likeness (QED) is 0.463. The molecule has 2 heteroatoms. The van der Waals surface area contributed by atoms with Crippen LogP contribution in [0.1, 0.15) is 6.92 Å². The Morgan fingerprint density at radius 2 is 2.50 bits per heavy atom. The van der Waals surface area contributed by atoms with Crippen molar-refractivity contribution in [1.29, 1.82) is 0 Å². The van der Waals surface area contributed by atoms with E-state index in [0.717, 1.165) is 0 Å². The van der Waals surface area contributed by atoms with Crippen LogP contribution in [-0.2, 0) is 0 Å². The summed E-state index contributed by atoms with van der Waals surface area (Å²) in [6.07, 6.45) is 1.37. The van der Waals surface area contributed by atoms with Gasteiger partial charge in [0.05, 0.1) is 11.8 Å². The van der Waals surface area contributed by atoms with Crippen molar-refractivity contribution < 1.29 is 5.11 Å². The van der Waals surface area contributed by atoms with Crippen LogP contribution in [0.2, 0.25) is 0 Å². The number of allylic oxidation sites excluding steroid dienone is 1. The Balaban J connectivity index is 3.10. The van der Waals surface area contributed by atoms with Gasteiger partial charge in [0, 0.05) is 0 Å². The van der Waals surface area contributed by atoms with Gasteiger partial charge in [0.1, 0.15) is 0 Å². The fourth-order valence-corrected chi connectivity index (χ4v) is 0.437. The minimum atomic E-state index is 0.00116. The van der Waals surface area contributed by atoms with Gasteiger partial charge in [-0.1, -0.05) is 5.73 Å². The fourth-order valence-electron chi connectivity index (χ4n) is 0.437. The highest BCUT2D eigenvalue weighted by Gasteiger charge is 1.89. The van der Waals surface area contributed by atoms with Gasteiger partial charge in [-0.3, -0.25) is 0 Å². The van der Waals surface area contributed by atoms with Gasteiger partial charge >= 0.3 is 0 Å². The zero-order valence-corrected chi connectivity index (χ0v) is 4.47. The van der Waals surface area contributed by atoms with Crippen molar-refractivity contribution in [3.8, 4) is 0 Å². The highest BCUT2D eigenvalue weighted by Crippen LogP contribution is 1.94. The smallest absolute Gasteiger partial charge is 0.220 e.